The topological polar surface area (TPSA) is 46.6 Å². The summed E-state index contributed by atoms with van der Waals surface area (Å²) in [5.74, 6) is 0.537. The standard InChI is InChI=1S/C19H15NO3/c1-14(21)20(15-8-3-2-4-9-15)13-7-12-18-19(22)16-10-5-6-11-17(16)23-18/h2-13H,1H3. The SMILES string of the molecule is CC(=O)N(C=CC=C1Oc2ccccc2C1=O)c1ccccc1. The molecule has 0 unspecified atom stereocenters. The van der Waals surface area contributed by atoms with Crippen molar-refractivity contribution in [3.05, 3.63) is 84.3 Å². The molecule has 1 amide bonds. The van der Waals surface area contributed by atoms with E-state index in [-0.39, 0.29) is 17.4 Å². The predicted octanol–water partition coefficient (Wildman–Crippen LogP) is 3.71. The van der Waals surface area contributed by atoms with E-state index in [2.05, 4.69) is 0 Å². The molecule has 2 aromatic rings. The number of ketones is 1. The minimum Gasteiger partial charge on any atom is -0.452 e. The van der Waals surface area contributed by atoms with Crippen molar-refractivity contribution in [2.24, 2.45) is 0 Å². The second-order valence-electron chi connectivity index (χ2n) is 5.02. The fourth-order valence-electron chi connectivity index (χ4n) is 2.33. The van der Waals surface area contributed by atoms with Gasteiger partial charge in [-0.25, -0.2) is 0 Å². The third kappa shape index (κ3) is 3.06. The average molecular weight is 305 g/mol. The summed E-state index contributed by atoms with van der Waals surface area (Å²) < 4.78 is 5.52. The molecule has 1 aliphatic rings. The Morgan fingerprint density at radius 2 is 1.74 bits per heavy atom. The Morgan fingerprint density at radius 3 is 2.43 bits per heavy atom. The molecule has 4 nitrogen and oxygen atoms in total. The third-order valence-corrected chi connectivity index (χ3v) is 3.43. The minimum absolute atomic E-state index is 0.118. The average Bonchev–Trinajstić information content (AvgIpc) is 2.89. The van der Waals surface area contributed by atoms with Gasteiger partial charge < -0.3 is 4.74 Å². The third-order valence-electron chi connectivity index (χ3n) is 3.43. The Labute approximate surface area is 134 Å². The van der Waals surface area contributed by atoms with Gasteiger partial charge >= 0.3 is 0 Å². The number of anilines is 1. The van der Waals surface area contributed by atoms with Crippen LogP contribution in [-0.4, -0.2) is 11.7 Å². The molecule has 1 aliphatic heterocycles. The second kappa shape index (κ2) is 6.32. The molecule has 0 saturated carbocycles. The molecular weight excluding hydrogens is 290 g/mol. The summed E-state index contributed by atoms with van der Waals surface area (Å²) in [5.41, 5.74) is 1.32. The van der Waals surface area contributed by atoms with Crippen LogP contribution in [0.25, 0.3) is 0 Å². The van der Waals surface area contributed by atoms with E-state index in [1.165, 1.54) is 11.8 Å². The molecule has 0 fully saturated rings. The number of hydrogen-bond acceptors (Lipinski definition) is 3. The first-order chi connectivity index (χ1) is 11.2. The van der Waals surface area contributed by atoms with Crippen LogP contribution in [0.3, 0.4) is 0 Å². The van der Waals surface area contributed by atoms with E-state index in [4.69, 9.17) is 4.74 Å². The fraction of sp³-hybridized carbons (Fsp3) is 0.0526. The summed E-state index contributed by atoms with van der Waals surface area (Å²) >= 11 is 0. The number of fused-ring (bicyclic) bond motifs is 1. The van der Waals surface area contributed by atoms with E-state index >= 15 is 0 Å². The van der Waals surface area contributed by atoms with Crippen molar-refractivity contribution in [2.45, 2.75) is 6.92 Å². The number of allylic oxidation sites excluding steroid dienone is 3. The van der Waals surface area contributed by atoms with E-state index in [9.17, 15) is 9.59 Å². The summed E-state index contributed by atoms with van der Waals surface area (Å²) in [6.07, 6.45) is 4.82. The zero-order chi connectivity index (χ0) is 16.2. The van der Waals surface area contributed by atoms with Crippen LogP contribution in [-0.2, 0) is 4.79 Å². The summed E-state index contributed by atoms with van der Waals surface area (Å²) in [7, 11) is 0. The van der Waals surface area contributed by atoms with Gasteiger partial charge in [0.05, 0.1) is 5.56 Å². The number of Topliss-reactive ketones (excluding diaryl/α,β-unsaturated/α-hetero) is 1. The summed E-state index contributed by atoms with van der Waals surface area (Å²) in [6, 6.07) is 16.4. The smallest absolute Gasteiger partial charge is 0.231 e. The van der Waals surface area contributed by atoms with Gasteiger partial charge in [-0.15, -0.1) is 0 Å². The molecule has 0 saturated heterocycles. The Balaban J connectivity index is 1.81. The van der Waals surface area contributed by atoms with Crippen molar-refractivity contribution in [1.29, 1.82) is 0 Å². The lowest BCUT2D eigenvalue weighted by Crippen LogP contribution is -2.21. The van der Waals surface area contributed by atoms with Crippen molar-refractivity contribution < 1.29 is 14.3 Å². The van der Waals surface area contributed by atoms with Crippen LogP contribution < -0.4 is 9.64 Å². The summed E-state index contributed by atoms with van der Waals surface area (Å²) in [6.45, 7) is 1.48. The highest BCUT2D eigenvalue weighted by Crippen LogP contribution is 2.30. The van der Waals surface area contributed by atoms with Gasteiger partial charge in [-0.3, -0.25) is 14.5 Å². The maximum atomic E-state index is 12.2. The molecule has 0 atom stereocenters. The number of amides is 1. The van der Waals surface area contributed by atoms with Crippen molar-refractivity contribution in [3.63, 3.8) is 0 Å². The van der Waals surface area contributed by atoms with Crippen molar-refractivity contribution in [2.75, 3.05) is 4.90 Å². The number of nitrogens with zero attached hydrogens (tertiary/aromatic N) is 1. The normalized spacial score (nSPS) is 14.8. The Bertz CT molecular complexity index is 806. The van der Waals surface area contributed by atoms with Crippen LogP contribution >= 0.6 is 0 Å². The van der Waals surface area contributed by atoms with Crippen LogP contribution in [0.15, 0.2) is 78.7 Å². The number of carbonyl (C=O) groups is 2. The van der Waals surface area contributed by atoms with Gasteiger partial charge in [0.2, 0.25) is 11.7 Å². The number of benzene rings is 2. The first-order valence-electron chi connectivity index (χ1n) is 7.22. The maximum absolute atomic E-state index is 12.2. The Hall–Kier alpha value is -3.14. The van der Waals surface area contributed by atoms with Crippen molar-refractivity contribution in [3.8, 4) is 5.75 Å². The number of rotatable bonds is 3. The monoisotopic (exact) mass is 305 g/mol. The molecule has 4 heteroatoms. The van der Waals surface area contributed by atoms with Gasteiger partial charge in [0.15, 0.2) is 5.76 Å². The fourth-order valence-corrected chi connectivity index (χ4v) is 2.33. The number of hydrogen-bond donors (Lipinski definition) is 0. The van der Waals surface area contributed by atoms with Crippen LogP contribution in [0.5, 0.6) is 5.75 Å². The van der Waals surface area contributed by atoms with Gasteiger partial charge in [0.1, 0.15) is 5.75 Å². The quantitative estimate of drug-likeness (QED) is 0.812. The van der Waals surface area contributed by atoms with E-state index in [1.807, 2.05) is 36.4 Å². The number of ether oxygens (including phenoxy) is 1. The molecule has 3 rings (SSSR count). The first kappa shape index (κ1) is 14.8. The molecule has 23 heavy (non-hydrogen) atoms. The minimum atomic E-state index is -0.153. The van der Waals surface area contributed by atoms with Crippen molar-refractivity contribution in [1.82, 2.24) is 0 Å². The maximum Gasteiger partial charge on any atom is 0.231 e. The first-order valence-corrected chi connectivity index (χ1v) is 7.22. The summed E-state index contributed by atoms with van der Waals surface area (Å²) in [5, 5.41) is 0. The molecule has 0 aromatic heterocycles. The van der Waals surface area contributed by atoms with E-state index < -0.39 is 0 Å². The molecule has 0 bridgehead atoms. The van der Waals surface area contributed by atoms with Crippen LogP contribution in [0.1, 0.15) is 17.3 Å². The van der Waals surface area contributed by atoms with Gasteiger partial charge in [-0.1, -0.05) is 30.3 Å². The highest BCUT2D eigenvalue weighted by atomic mass is 16.5. The van der Waals surface area contributed by atoms with Crippen LogP contribution in [0.4, 0.5) is 5.69 Å². The number of carbonyl (C=O) groups excluding carboxylic acids is 2. The molecule has 2 aromatic carbocycles. The molecule has 0 spiro atoms. The molecule has 0 aliphatic carbocycles. The second-order valence-corrected chi connectivity index (χ2v) is 5.02. The Morgan fingerprint density at radius 1 is 1.04 bits per heavy atom. The van der Waals surface area contributed by atoms with Gasteiger partial charge in [-0.2, -0.15) is 0 Å². The van der Waals surface area contributed by atoms with E-state index in [0.29, 0.717) is 11.3 Å². The highest BCUT2D eigenvalue weighted by Gasteiger charge is 2.25. The van der Waals surface area contributed by atoms with E-state index in [1.54, 1.807) is 36.6 Å². The summed E-state index contributed by atoms with van der Waals surface area (Å²) in [4.78, 5) is 25.4. The number of para-hydroxylation sites is 2. The van der Waals surface area contributed by atoms with E-state index in [0.717, 1.165) is 5.69 Å². The zero-order valence-electron chi connectivity index (χ0n) is 12.6. The predicted molar refractivity (Wildman–Crippen MR) is 88.2 cm³/mol. The zero-order valence-corrected chi connectivity index (χ0v) is 12.6. The van der Waals surface area contributed by atoms with Gasteiger partial charge in [-0.05, 0) is 36.4 Å². The largest absolute Gasteiger partial charge is 0.452 e. The van der Waals surface area contributed by atoms with Gasteiger partial charge in [0.25, 0.3) is 0 Å². The Kier molecular flexibility index (Phi) is 4.06. The van der Waals surface area contributed by atoms with Crippen LogP contribution in [0.2, 0.25) is 0 Å². The molecule has 1 heterocycles. The molecular formula is C19H15NO3. The lowest BCUT2D eigenvalue weighted by atomic mass is 10.1. The highest BCUT2D eigenvalue weighted by molar-refractivity contribution is 6.12. The molecule has 0 radical (unpaired) electrons. The van der Waals surface area contributed by atoms with Crippen molar-refractivity contribution >= 4 is 17.4 Å². The lowest BCUT2D eigenvalue weighted by molar-refractivity contribution is -0.116. The lowest BCUT2D eigenvalue weighted by Gasteiger charge is -2.15. The molecule has 114 valence electrons. The van der Waals surface area contributed by atoms with Crippen LogP contribution in [0, 0.1) is 0 Å². The van der Waals surface area contributed by atoms with Gasteiger partial charge in [0, 0.05) is 18.8 Å². The molecule has 0 N–H and O–H groups in total.